The molecule has 1 aromatic rings. The molecule has 0 saturated heterocycles. The summed E-state index contributed by atoms with van der Waals surface area (Å²) < 4.78 is 5.10. The van der Waals surface area contributed by atoms with E-state index in [0.29, 0.717) is 12.4 Å². The van der Waals surface area contributed by atoms with Crippen LogP contribution in [0.4, 0.5) is 11.6 Å². The fourth-order valence-corrected chi connectivity index (χ4v) is 2.51. The molecule has 0 aliphatic heterocycles. The molecule has 3 N–H and O–H groups in total. The van der Waals surface area contributed by atoms with Gasteiger partial charge >= 0.3 is 0 Å². The van der Waals surface area contributed by atoms with Gasteiger partial charge in [-0.1, -0.05) is 12.8 Å². The summed E-state index contributed by atoms with van der Waals surface area (Å²) in [7, 11) is 1.63. The maximum absolute atomic E-state index is 10.0. The molecule has 1 aromatic heterocycles. The molecule has 1 aliphatic rings. The van der Waals surface area contributed by atoms with E-state index in [4.69, 9.17) is 4.74 Å². The standard InChI is InChI=1S/C14H24N4O2/c1-3-15-12-8-13(18-14(17-12)9-20-2)16-10-6-4-5-7-11(10)19/h8,10-11,19H,3-7,9H2,1-2H3,(H2,15,16,17,18). The molecule has 2 atom stereocenters. The van der Waals surface area contributed by atoms with Gasteiger partial charge in [0.2, 0.25) is 0 Å². The highest BCUT2D eigenvalue weighted by atomic mass is 16.5. The summed E-state index contributed by atoms with van der Waals surface area (Å²) in [5.41, 5.74) is 0. The summed E-state index contributed by atoms with van der Waals surface area (Å²) >= 11 is 0. The third-order valence-electron chi connectivity index (χ3n) is 3.47. The minimum atomic E-state index is -0.299. The third-order valence-corrected chi connectivity index (χ3v) is 3.47. The summed E-state index contributed by atoms with van der Waals surface area (Å²) in [4.78, 5) is 8.81. The van der Waals surface area contributed by atoms with E-state index in [1.807, 2.05) is 13.0 Å². The van der Waals surface area contributed by atoms with Gasteiger partial charge < -0.3 is 20.5 Å². The van der Waals surface area contributed by atoms with Gasteiger partial charge in [-0.25, -0.2) is 9.97 Å². The first kappa shape index (κ1) is 15.0. The number of hydrogen-bond acceptors (Lipinski definition) is 6. The van der Waals surface area contributed by atoms with Gasteiger partial charge in [0.25, 0.3) is 0 Å². The summed E-state index contributed by atoms with van der Waals surface area (Å²) in [5.74, 6) is 2.16. The van der Waals surface area contributed by atoms with Crippen LogP contribution in [-0.4, -0.2) is 40.9 Å². The van der Waals surface area contributed by atoms with Gasteiger partial charge in [0.15, 0.2) is 5.82 Å². The van der Waals surface area contributed by atoms with Crippen LogP contribution in [0.2, 0.25) is 0 Å². The number of nitrogens with one attached hydrogen (secondary N) is 2. The maximum atomic E-state index is 10.0. The van der Waals surface area contributed by atoms with E-state index in [1.54, 1.807) is 7.11 Å². The second-order valence-electron chi connectivity index (χ2n) is 5.12. The lowest BCUT2D eigenvalue weighted by atomic mass is 9.92. The van der Waals surface area contributed by atoms with E-state index in [-0.39, 0.29) is 12.1 Å². The average molecular weight is 280 g/mol. The van der Waals surface area contributed by atoms with E-state index in [9.17, 15) is 5.11 Å². The van der Waals surface area contributed by atoms with Gasteiger partial charge in [-0.15, -0.1) is 0 Å². The van der Waals surface area contributed by atoms with Crippen LogP contribution in [0.15, 0.2) is 6.07 Å². The molecular weight excluding hydrogens is 256 g/mol. The molecule has 6 heteroatoms. The molecule has 1 aliphatic carbocycles. The highest BCUT2D eigenvalue weighted by Gasteiger charge is 2.23. The number of nitrogens with zero attached hydrogens (tertiary/aromatic N) is 2. The number of ether oxygens (including phenoxy) is 1. The van der Waals surface area contributed by atoms with E-state index in [0.717, 1.165) is 43.9 Å². The van der Waals surface area contributed by atoms with Crippen LogP contribution in [0.1, 0.15) is 38.4 Å². The van der Waals surface area contributed by atoms with Crippen molar-refractivity contribution in [2.75, 3.05) is 24.3 Å². The van der Waals surface area contributed by atoms with Gasteiger partial charge in [-0.3, -0.25) is 0 Å². The Kier molecular flexibility index (Phi) is 5.55. The molecule has 2 unspecified atom stereocenters. The van der Waals surface area contributed by atoms with Crippen molar-refractivity contribution in [1.82, 2.24) is 9.97 Å². The highest BCUT2D eigenvalue weighted by Crippen LogP contribution is 2.22. The van der Waals surface area contributed by atoms with Gasteiger partial charge in [0.1, 0.15) is 18.2 Å². The molecule has 6 nitrogen and oxygen atoms in total. The molecule has 0 amide bonds. The molecule has 0 radical (unpaired) electrons. The largest absolute Gasteiger partial charge is 0.391 e. The van der Waals surface area contributed by atoms with Crippen LogP contribution >= 0.6 is 0 Å². The summed E-state index contributed by atoms with van der Waals surface area (Å²) in [6, 6.07) is 1.95. The van der Waals surface area contributed by atoms with Crippen LogP contribution in [-0.2, 0) is 11.3 Å². The monoisotopic (exact) mass is 280 g/mol. The third kappa shape index (κ3) is 4.05. The summed E-state index contributed by atoms with van der Waals surface area (Å²) in [6.07, 6.45) is 3.77. The minimum absolute atomic E-state index is 0.0727. The summed E-state index contributed by atoms with van der Waals surface area (Å²) in [6.45, 7) is 3.20. The van der Waals surface area contributed by atoms with Gasteiger partial charge in [0.05, 0.1) is 12.1 Å². The lowest BCUT2D eigenvalue weighted by molar-refractivity contribution is 0.116. The molecule has 1 fully saturated rings. The van der Waals surface area contributed by atoms with Crippen LogP contribution in [0.3, 0.4) is 0 Å². The molecule has 0 aromatic carbocycles. The van der Waals surface area contributed by atoms with Crippen molar-refractivity contribution in [3.63, 3.8) is 0 Å². The number of rotatable bonds is 6. The highest BCUT2D eigenvalue weighted by molar-refractivity contribution is 5.48. The van der Waals surface area contributed by atoms with Crippen LogP contribution in [0.25, 0.3) is 0 Å². The Bertz CT molecular complexity index is 403. The fraction of sp³-hybridized carbons (Fsp3) is 0.714. The van der Waals surface area contributed by atoms with Crippen molar-refractivity contribution < 1.29 is 9.84 Å². The van der Waals surface area contributed by atoms with Gasteiger partial charge in [0, 0.05) is 19.7 Å². The average Bonchev–Trinajstić information content (AvgIpc) is 2.42. The number of aromatic nitrogens is 2. The zero-order chi connectivity index (χ0) is 14.4. The molecule has 1 heterocycles. The Labute approximate surface area is 120 Å². The molecule has 112 valence electrons. The number of anilines is 2. The van der Waals surface area contributed by atoms with Gasteiger partial charge in [-0.05, 0) is 19.8 Å². The molecule has 20 heavy (non-hydrogen) atoms. The second-order valence-corrected chi connectivity index (χ2v) is 5.12. The Morgan fingerprint density at radius 2 is 2.05 bits per heavy atom. The second kappa shape index (κ2) is 7.40. The number of methoxy groups -OCH3 is 1. The fourth-order valence-electron chi connectivity index (χ4n) is 2.51. The lowest BCUT2D eigenvalue weighted by Gasteiger charge is -2.28. The van der Waals surface area contributed by atoms with E-state index in [1.165, 1.54) is 0 Å². The van der Waals surface area contributed by atoms with Crippen molar-refractivity contribution in [3.8, 4) is 0 Å². The predicted molar refractivity (Wildman–Crippen MR) is 78.8 cm³/mol. The topological polar surface area (TPSA) is 79.3 Å². The van der Waals surface area contributed by atoms with Crippen molar-refractivity contribution >= 4 is 11.6 Å². The molecule has 2 rings (SSSR count). The Morgan fingerprint density at radius 3 is 2.75 bits per heavy atom. The Hall–Kier alpha value is -1.40. The number of aliphatic hydroxyl groups excluding tert-OH is 1. The van der Waals surface area contributed by atoms with E-state index >= 15 is 0 Å². The quantitative estimate of drug-likeness (QED) is 0.737. The van der Waals surface area contributed by atoms with Crippen molar-refractivity contribution in [1.29, 1.82) is 0 Å². The maximum Gasteiger partial charge on any atom is 0.158 e. The van der Waals surface area contributed by atoms with Crippen molar-refractivity contribution in [3.05, 3.63) is 11.9 Å². The molecule has 1 saturated carbocycles. The van der Waals surface area contributed by atoms with Crippen LogP contribution in [0, 0.1) is 0 Å². The first-order valence-electron chi connectivity index (χ1n) is 7.28. The smallest absolute Gasteiger partial charge is 0.158 e. The summed E-state index contributed by atoms with van der Waals surface area (Å²) in [5, 5.41) is 16.5. The minimum Gasteiger partial charge on any atom is -0.391 e. The normalized spacial score (nSPS) is 22.6. The van der Waals surface area contributed by atoms with Crippen LogP contribution < -0.4 is 10.6 Å². The van der Waals surface area contributed by atoms with Crippen molar-refractivity contribution in [2.24, 2.45) is 0 Å². The first-order chi connectivity index (χ1) is 9.72. The first-order valence-corrected chi connectivity index (χ1v) is 7.28. The SMILES string of the molecule is CCNc1cc(NC2CCCCC2O)nc(COC)n1. The Balaban J connectivity index is 2.12. The zero-order valence-corrected chi connectivity index (χ0v) is 12.2. The van der Waals surface area contributed by atoms with Crippen molar-refractivity contribution in [2.45, 2.75) is 51.4 Å². The van der Waals surface area contributed by atoms with E-state index in [2.05, 4.69) is 20.6 Å². The molecular formula is C14H24N4O2. The molecule has 0 spiro atoms. The zero-order valence-electron chi connectivity index (χ0n) is 12.2. The van der Waals surface area contributed by atoms with E-state index < -0.39 is 0 Å². The molecule has 0 bridgehead atoms. The van der Waals surface area contributed by atoms with Gasteiger partial charge in [-0.2, -0.15) is 0 Å². The predicted octanol–water partition coefficient (Wildman–Crippen LogP) is 1.77. The number of hydrogen-bond donors (Lipinski definition) is 3. The lowest BCUT2D eigenvalue weighted by Crippen LogP contribution is -2.36. The Morgan fingerprint density at radius 1 is 1.30 bits per heavy atom. The number of aliphatic hydroxyl groups is 1. The van der Waals surface area contributed by atoms with Crippen LogP contribution in [0.5, 0.6) is 0 Å².